The zero-order valence-corrected chi connectivity index (χ0v) is 14.4. The maximum Gasteiger partial charge on any atom is 0.246 e. The van der Waals surface area contributed by atoms with E-state index in [-0.39, 0.29) is 23.9 Å². The SMILES string of the molecule is CCCC1C(=O)NC(C2CC2)C(=O)N1Cc1ccc(Br)s1. The second kappa shape index (κ2) is 6.08. The highest BCUT2D eigenvalue weighted by atomic mass is 79.9. The molecule has 2 unspecified atom stereocenters. The molecule has 1 saturated carbocycles. The van der Waals surface area contributed by atoms with Gasteiger partial charge < -0.3 is 10.2 Å². The van der Waals surface area contributed by atoms with E-state index >= 15 is 0 Å². The van der Waals surface area contributed by atoms with Crippen molar-refractivity contribution < 1.29 is 9.59 Å². The summed E-state index contributed by atoms with van der Waals surface area (Å²) in [5, 5.41) is 2.95. The molecule has 2 atom stereocenters. The average molecular weight is 371 g/mol. The fourth-order valence-corrected chi connectivity index (χ4v) is 4.37. The molecule has 0 radical (unpaired) electrons. The Hall–Kier alpha value is -0.880. The molecule has 3 rings (SSSR count). The minimum absolute atomic E-state index is 0.0176. The lowest BCUT2D eigenvalue weighted by Crippen LogP contribution is -2.63. The molecule has 1 N–H and O–H groups in total. The fourth-order valence-electron chi connectivity index (χ4n) is 2.89. The van der Waals surface area contributed by atoms with Crippen molar-refractivity contribution in [2.75, 3.05) is 0 Å². The van der Waals surface area contributed by atoms with E-state index in [9.17, 15) is 9.59 Å². The third-order valence-corrected chi connectivity index (χ3v) is 5.74. The van der Waals surface area contributed by atoms with Crippen molar-refractivity contribution >= 4 is 39.1 Å². The molecule has 1 aromatic rings. The van der Waals surface area contributed by atoms with E-state index in [4.69, 9.17) is 0 Å². The third-order valence-electron chi connectivity index (χ3n) is 4.14. The lowest BCUT2D eigenvalue weighted by atomic mass is 10.0. The van der Waals surface area contributed by atoms with E-state index in [1.54, 1.807) is 16.2 Å². The van der Waals surface area contributed by atoms with Crippen molar-refractivity contribution in [2.45, 2.75) is 51.2 Å². The van der Waals surface area contributed by atoms with Crippen LogP contribution in [0.4, 0.5) is 0 Å². The minimum Gasteiger partial charge on any atom is -0.342 e. The first-order valence-electron chi connectivity index (χ1n) is 7.45. The highest BCUT2D eigenvalue weighted by Crippen LogP contribution is 2.36. The zero-order valence-electron chi connectivity index (χ0n) is 12.0. The lowest BCUT2D eigenvalue weighted by Gasteiger charge is -2.39. The Bertz CT molecular complexity index is 556. The number of halogens is 1. The van der Waals surface area contributed by atoms with Crippen LogP contribution < -0.4 is 5.32 Å². The van der Waals surface area contributed by atoms with Crippen LogP contribution in [0, 0.1) is 5.92 Å². The molecule has 2 fully saturated rings. The van der Waals surface area contributed by atoms with Gasteiger partial charge in [0.25, 0.3) is 0 Å². The monoisotopic (exact) mass is 370 g/mol. The first-order valence-corrected chi connectivity index (χ1v) is 9.06. The summed E-state index contributed by atoms with van der Waals surface area (Å²) in [7, 11) is 0. The minimum atomic E-state index is -0.321. The standard InChI is InChI=1S/C15H19BrN2O2S/c1-2-3-11-14(19)17-13(9-4-5-9)15(20)18(11)8-10-6-7-12(16)21-10/h6-7,9,11,13H,2-5,8H2,1H3,(H,17,19). The topological polar surface area (TPSA) is 49.4 Å². The number of hydrogen-bond acceptors (Lipinski definition) is 3. The Morgan fingerprint density at radius 3 is 2.71 bits per heavy atom. The Morgan fingerprint density at radius 2 is 2.14 bits per heavy atom. The van der Waals surface area contributed by atoms with Crippen LogP contribution in [0.5, 0.6) is 0 Å². The molecule has 4 nitrogen and oxygen atoms in total. The van der Waals surface area contributed by atoms with Gasteiger partial charge >= 0.3 is 0 Å². The number of hydrogen-bond donors (Lipinski definition) is 1. The van der Waals surface area contributed by atoms with Crippen LogP contribution in [0.3, 0.4) is 0 Å². The first-order chi connectivity index (χ1) is 10.1. The Balaban J connectivity index is 1.82. The summed E-state index contributed by atoms with van der Waals surface area (Å²) < 4.78 is 1.05. The van der Waals surface area contributed by atoms with Crippen molar-refractivity contribution in [3.05, 3.63) is 20.8 Å². The van der Waals surface area contributed by atoms with Gasteiger partial charge in [0, 0.05) is 4.88 Å². The predicted molar refractivity (Wildman–Crippen MR) is 85.9 cm³/mol. The number of carbonyl (C=O) groups is 2. The van der Waals surface area contributed by atoms with E-state index in [1.807, 2.05) is 19.1 Å². The van der Waals surface area contributed by atoms with Crippen molar-refractivity contribution in [1.82, 2.24) is 10.2 Å². The molecular weight excluding hydrogens is 352 g/mol. The normalized spacial score (nSPS) is 26.1. The van der Waals surface area contributed by atoms with Gasteiger partial charge in [0.05, 0.1) is 10.3 Å². The van der Waals surface area contributed by atoms with Gasteiger partial charge in [-0.1, -0.05) is 13.3 Å². The zero-order chi connectivity index (χ0) is 15.0. The van der Waals surface area contributed by atoms with E-state index in [2.05, 4.69) is 21.2 Å². The highest BCUT2D eigenvalue weighted by Gasteiger charge is 2.46. The lowest BCUT2D eigenvalue weighted by molar-refractivity contribution is -0.151. The number of carbonyl (C=O) groups excluding carboxylic acids is 2. The number of amides is 2. The Morgan fingerprint density at radius 1 is 1.38 bits per heavy atom. The van der Waals surface area contributed by atoms with E-state index in [0.29, 0.717) is 12.5 Å². The smallest absolute Gasteiger partial charge is 0.246 e. The van der Waals surface area contributed by atoms with Gasteiger partial charge in [0.1, 0.15) is 12.1 Å². The summed E-state index contributed by atoms with van der Waals surface area (Å²) >= 11 is 5.07. The summed E-state index contributed by atoms with van der Waals surface area (Å²) in [6.07, 6.45) is 3.71. The maximum absolute atomic E-state index is 12.8. The molecule has 1 aromatic heterocycles. The first kappa shape index (κ1) is 15.0. The molecule has 2 heterocycles. The Kier molecular flexibility index (Phi) is 4.36. The summed E-state index contributed by atoms with van der Waals surface area (Å²) in [5.74, 6) is 0.464. The van der Waals surface area contributed by atoms with Crippen molar-refractivity contribution in [3.63, 3.8) is 0 Å². The van der Waals surface area contributed by atoms with Gasteiger partial charge in [-0.25, -0.2) is 0 Å². The molecule has 2 aliphatic rings. The number of rotatable bonds is 5. The summed E-state index contributed by atoms with van der Waals surface area (Å²) in [6, 6.07) is 3.39. The number of nitrogens with zero attached hydrogens (tertiary/aromatic N) is 1. The summed E-state index contributed by atoms with van der Waals surface area (Å²) in [4.78, 5) is 28.0. The van der Waals surface area contributed by atoms with Crippen LogP contribution in [0.1, 0.15) is 37.5 Å². The molecule has 21 heavy (non-hydrogen) atoms. The van der Waals surface area contributed by atoms with Gasteiger partial charge in [-0.05, 0) is 53.2 Å². The molecular formula is C15H19BrN2O2S. The van der Waals surface area contributed by atoms with Gasteiger partial charge in [-0.3, -0.25) is 9.59 Å². The van der Waals surface area contributed by atoms with Crippen molar-refractivity contribution in [2.24, 2.45) is 5.92 Å². The van der Waals surface area contributed by atoms with Crippen LogP contribution >= 0.6 is 27.3 Å². The van der Waals surface area contributed by atoms with Gasteiger partial charge in [0.15, 0.2) is 0 Å². The second-order valence-electron chi connectivity index (χ2n) is 5.80. The summed E-state index contributed by atoms with van der Waals surface area (Å²) in [5.41, 5.74) is 0. The molecule has 114 valence electrons. The largest absolute Gasteiger partial charge is 0.342 e. The van der Waals surface area contributed by atoms with Gasteiger partial charge in [-0.15, -0.1) is 11.3 Å². The quantitative estimate of drug-likeness (QED) is 0.865. The van der Waals surface area contributed by atoms with Crippen LogP contribution in [0.2, 0.25) is 0 Å². The number of thiophene rings is 1. The number of piperazine rings is 1. The fraction of sp³-hybridized carbons (Fsp3) is 0.600. The average Bonchev–Trinajstić information content (AvgIpc) is 3.21. The van der Waals surface area contributed by atoms with Crippen LogP contribution in [0.25, 0.3) is 0 Å². The van der Waals surface area contributed by atoms with Crippen LogP contribution in [-0.2, 0) is 16.1 Å². The molecule has 1 aliphatic heterocycles. The van der Waals surface area contributed by atoms with Crippen molar-refractivity contribution in [3.8, 4) is 0 Å². The molecule has 6 heteroatoms. The molecule has 0 aromatic carbocycles. The second-order valence-corrected chi connectivity index (χ2v) is 8.35. The van der Waals surface area contributed by atoms with Crippen LogP contribution in [-0.4, -0.2) is 28.8 Å². The van der Waals surface area contributed by atoms with Crippen molar-refractivity contribution in [1.29, 1.82) is 0 Å². The molecule has 1 saturated heterocycles. The predicted octanol–water partition coefficient (Wildman–Crippen LogP) is 2.92. The number of nitrogens with one attached hydrogen (secondary N) is 1. The highest BCUT2D eigenvalue weighted by molar-refractivity contribution is 9.11. The van der Waals surface area contributed by atoms with E-state index < -0.39 is 0 Å². The molecule has 0 spiro atoms. The van der Waals surface area contributed by atoms with Gasteiger partial charge in [-0.2, -0.15) is 0 Å². The molecule has 2 amide bonds. The van der Waals surface area contributed by atoms with Gasteiger partial charge in [0.2, 0.25) is 11.8 Å². The third kappa shape index (κ3) is 3.16. The van der Waals surface area contributed by atoms with Crippen LogP contribution in [0.15, 0.2) is 15.9 Å². The summed E-state index contributed by atoms with van der Waals surface area (Å²) in [6.45, 7) is 2.58. The Labute approximate surface area is 137 Å². The molecule has 0 bridgehead atoms. The molecule has 1 aliphatic carbocycles. The van der Waals surface area contributed by atoms with E-state index in [1.165, 1.54) is 0 Å². The maximum atomic E-state index is 12.8. The van der Waals surface area contributed by atoms with E-state index in [0.717, 1.165) is 34.3 Å².